The zero-order valence-electron chi connectivity index (χ0n) is 9.95. The SMILES string of the molecule is CC1CN(C(=O)c2c(F)cccc2Br)CCC1=O. The van der Waals surface area contributed by atoms with Crippen molar-refractivity contribution < 1.29 is 14.0 Å². The van der Waals surface area contributed by atoms with Gasteiger partial charge in [0.2, 0.25) is 0 Å². The number of ketones is 1. The Balaban J connectivity index is 2.24. The van der Waals surface area contributed by atoms with Crippen molar-refractivity contribution in [1.29, 1.82) is 0 Å². The maximum Gasteiger partial charge on any atom is 0.258 e. The van der Waals surface area contributed by atoms with Crippen LogP contribution in [-0.2, 0) is 4.79 Å². The molecule has 0 N–H and O–H groups in total. The molecule has 18 heavy (non-hydrogen) atoms. The molecule has 3 nitrogen and oxygen atoms in total. The summed E-state index contributed by atoms with van der Waals surface area (Å²) in [5.41, 5.74) is 0.0408. The fourth-order valence-corrected chi connectivity index (χ4v) is 2.57. The molecule has 2 rings (SSSR count). The lowest BCUT2D eigenvalue weighted by Crippen LogP contribution is -2.43. The Bertz CT molecular complexity index is 484. The summed E-state index contributed by atoms with van der Waals surface area (Å²) in [6.07, 6.45) is 0.346. The molecule has 0 aromatic heterocycles. The molecule has 1 atom stereocenters. The topological polar surface area (TPSA) is 37.4 Å². The maximum absolute atomic E-state index is 13.7. The number of carbonyl (C=O) groups is 2. The van der Waals surface area contributed by atoms with Crippen molar-refractivity contribution >= 4 is 27.6 Å². The van der Waals surface area contributed by atoms with Crippen LogP contribution in [0.15, 0.2) is 22.7 Å². The lowest BCUT2D eigenvalue weighted by molar-refractivity contribution is -0.124. The van der Waals surface area contributed by atoms with Gasteiger partial charge in [-0.15, -0.1) is 0 Å². The molecule has 1 aromatic carbocycles. The largest absolute Gasteiger partial charge is 0.337 e. The Morgan fingerprint density at radius 3 is 2.83 bits per heavy atom. The number of hydrogen-bond donors (Lipinski definition) is 0. The highest BCUT2D eigenvalue weighted by Crippen LogP contribution is 2.23. The minimum Gasteiger partial charge on any atom is -0.337 e. The molecule has 1 fully saturated rings. The van der Waals surface area contributed by atoms with Crippen LogP contribution in [-0.4, -0.2) is 29.7 Å². The molecule has 1 aliphatic heterocycles. The summed E-state index contributed by atoms with van der Waals surface area (Å²) in [6, 6.07) is 4.43. The Kier molecular flexibility index (Phi) is 3.80. The van der Waals surface area contributed by atoms with Gasteiger partial charge in [0.15, 0.2) is 0 Å². The van der Waals surface area contributed by atoms with Gasteiger partial charge in [0.25, 0.3) is 5.91 Å². The van der Waals surface area contributed by atoms with Crippen molar-refractivity contribution in [3.8, 4) is 0 Å². The summed E-state index contributed by atoms with van der Waals surface area (Å²) in [5, 5.41) is 0. The van der Waals surface area contributed by atoms with Crippen LogP contribution in [0.5, 0.6) is 0 Å². The highest BCUT2D eigenvalue weighted by molar-refractivity contribution is 9.10. The van der Waals surface area contributed by atoms with E-state index in [4.69, 9.17) is 0 Å². The zero-order chi connectivity index (χ0) is 13.3. The van der Waals surface area contributed by atoms with Gasteiger partial charge in [0, 0.05) is 29.9 Å². The fourth-order valence-electron chi connectivity index (χ4n) is 2.06. The molecular weight excluding hydrogens is 301 g/mol. The number of carbonyl (C=O) groups excluding carboxylic acids is 2. The van der Waals surface area contributed by atoms with E-state index in [1.54, 1.807) is 19.1 Å². The van der Waals surface area contributed by atoms with E-state index in [0.29, 0.717) is 24.0 Å². The number of piperidine rings is 1. The summed E-state index contributed by atoms with van der Waals surface area (Å²) in [6.45, 7) is 2.51. The Morgan fingerprint density at radius 1 is 1.50 bits per heavy atom. The molecule has 0 aliphatic carbocycles. The predicted octanol–water partition coefficient (Wildman–Crippen LogP) is 2.64. The van der Waals surface area contributed by atoms with E-state index in [0.717, 1.165) is 0 Å². The third-order valence-corrected chi connectivity index (χ3v) is 3.80. The molecule has 0 radical (unpaired) electrons. The summed E-state index contributed by atoms with van der Waals surface area (Å²) in [7, 11) is 0. The number of nitrogens with zero attached hydrogens (tertiary/aromatic N) is 1. The van der Waals surface area contributed by atoms with Crippen molar-refractivity contribution in [2.75, 3.05) is 13.1 Å². The number of hydrogen-bond acceptors (Lipinski definition) is 2. The molecule has 1 aliphatic rings. The Hall–Kier alpha value is -1.23. The van der Waals surface area contributed by atoms with Crippen LogP contribution in [0.1, 0.15) is 23.7 Å². The number of rotatable bonds is 1. The molecule has 1 heterocycles. The molecule has 5 heteroatoms. The quantitative estimate of drug-likeness (QED) is 0.799. The van der Waals surface area contributed by atoms with Gasteiger partial charge in [-0.1, -0.05) is 13.0 Å². The van der Waals surface area contributed by atoms with Crippen LogP contribution in [0, 0.1) is 11.7 Å². The Morgan fingerprint density at radius 2 is 2.22 bits per heavy atom. The van der Waals surface area contributed by atoms with Crippen molar-refractivity contribution in [2.45, 2.75) is 13.3 Å². The summed E-state index contributed by atoms with van der Waals surface area (Å²) >= 11 is 3.19. The first kappa shape index (κ1) is 13.2. The fraction of sp³-hybridized carbons (Fsp3) is 0.385. The number of benzene rings is 1. The molecule has 0 saturated carbocycles. The molecule has 1 unspecified atom stereocenters. The average molecular weight is 314 g/mol. The highest BCUT2D eigenvalue weighted by Gasteiger charge is 2.29. The maximum atomic E-state index is 13.7. The van der Waals surface area contributed by atoms with E-state index in [-0.39, 0.29) is 23.2 Å². The first-order valence-electron chi connectivity index (χ1n) is 5.76. The van der Waals surface area contributed by atoms with Crippen LogP contribution in [0.3, 0.4) is 0 Å². The van der Waals surface area contributed by atoms with Gasteiger partial charge < -0.3 is 4.90 Å². The first-order chi connectivity index (χ1) is 8.50. The van der Waals surface area contributed by atoms with Gasteiger partial charge in [-0.05, 0) is 28.1 Å². The number of amides is 1. The summed E-state index contributed by atoms with van der Waals surface area (Å²) < 4.78 is 14.1. The van der Waals surface area contributed by atoms with Gasteiger partial charge in [0.1, 0.15) is 11.6 Å². The van der Waals surface area contributed by atoms with Crippen molar-refractivity contribution in [3.63, 3.8) is 0 Å². The molecular formula is C13H13BrFNO2. The zero-order valence-corrected chi connectivity index (χ0v) is 11.5. The third kappa shape index (κ3) is 2.46. The van der Waals surface area contributed by atoms with Crippen molar-refractivity contribution in [3.05, 3.63) is 34.1 Å². The van der Waals surface area contributed by atoms with Gasteiger partial charge in [-0.2, -0.15) is 0 Å². The molecule has 0 bridgehead atoms. The second-order valence-electron chi connectivity index (χ2n) is 4.47. The minimum atomic E-state index is -0.543. The lowest BCUT2D eigenvalue weighted by Gasteiger charge is -2.30. The lowest BCUT2D eigenvalue weighted by atomic mass is 9.98. The predicted molar refractivity (Wildman–Crippen MR) is 68.8 cm³/mol. The van der Waals surface area contributed by atoms with Gasteiger partial charge >= 0.3 is 0 Å². The average Bonchev–Trinajstić information content (AvgIpc) is 2.32. The van der Waals surface area contributed by atoms with Gasteiger partial charge in [0.05, 0.1) is 5.56 Å². The van der Waals surface area contributed by atoms with Crippen LogP contribution in [0.2, 0.25) is 0 Å². The number of Topliss-reactive ketones (excluding diaryl/α,β-unsaturated/α-hetero) is 1. The van der Waals surface area contributed by atoms with E-state index in [1.165, 1.54) is 11.0 Å². The molecule has 0 spiro atoms. The normalized spacial score (nSPS) is 20.1. The van der Waals surface area contributed by atoms with Crippen molar-refractivity contribution in [2.24, 2.45) is 5.92 Å². The van der Waals surface area contributed by atoms with Crippen LogP contribution in [0.4, 0.5) is 4.39 Å². The van der Waals surface area contributed by atoms with Crippen LogP contribution >= 0.6 is 15.9 Å². The molecule has 1 amide bonds. The number of halogens is 2. The summed E-state index contributed by atoms with van der Waals surface area (Å²) in [5.74, 6) is -0.918. The summed E-state index contributed by atoms with van der Waals surface area (Å²) in [4.78, 5) is 25.2. The van der Waals surface area contributed by atoms with E-state index < -0.39 is 5.82 Å². The minimum absolute atomic E-state index is 0.0408. The van der Waals surface area contributed by atoms with Crippen LogP contribution in [0.25, 0.3) is 0 Å². The smallest absolute Gasteiger partial charge is 0.258 e. The van der Waals surface area contributed by atoms with Gasteiger partial charge in [-0.3, -0.25) is 9.59 Å². The van der Waals surface area contributed by atoms with E-state index in [2.05, 4.69) is 15.9 Å². The van der Waals surface area contributed by atoms with E-state index in [9.17, 15) is 14.0 Å². The third-order valence-electron chi connectivity index (χ3n) is 3.14. The van der Waals surface area contributed by atoms with Gasteiger partial charge in [-0.25, -0.2) is 4.39 Å². The highest BCUT2D eigenvalue weighted by atomic mass is 79.9. The van der Waals surface area contributed by atoms with E-state index in [1.807, 2.05) is 0 Å². The Labute approximate surface area is 113 Å². The van der Waals surface area contributed by atoms with E-state index >= 15 is 0 Å². The molecule has 1 saturated heterocycles. The first-order valence-corrected chi connectivity index (χ1v) is 6.56. The monoisotopic (exact) mass is 313 g/mol. The second-order valence-corrected chi connectivity index (χ2v) is 5.32. The van der Waals surface area contributed by atoms with Crippen LogP contribution < -0.4 is 0 Å². The second kappa shape index (κ2) is 5.18. The molecule has 1 aromatic rings. The molecule has 96 valence electrons. The van der Waals surface area contributed by atoms with Crippen molar-refractivity contribution in [1.82, 2.24) is 4.90 Å². The number of likely N-dealkylation sites (tertiary alicyclic amines) is 1. The standard InChI is InChI=1S/C13H13BrFNO2/c1-8-7-16(6-5-11(8)17)13(18)12-9(14)3-2-4-10(12)15/h2-4,8H,5-7H2,1H3.